The smallest absolute Gasteiger partial charge is 0.209 e. The normalized spacial score (nSPS) is 11.3. The molecule has 1 aromatic carbocycles. The molecule has 1 N–H and O–H groups in total. The van der Waals surface area contributed by atoms with Crippen LogP contribution in [0.3, 0.4) is 0 Å². The molecule has 2 rings (SSSR count). The monoisotopic (exact) mass is 373 g/mol. The average molecular weight is 374 g/mol. The molecule has 0 fully saturated rings. The minimum atomic E-state index is -0.216. The van der Waals surface area contributed by atoms with Crippen molar-refractivity contribution in [2.24, 2.45) is 0 Å². The number of tetrazole rings is 1. The summed E-state index contributed by atoms with van der Waals surface area (Å²) in [6.45, 7) is 5.66. The van der Waals surface area contributed by atoms with Crippen LogP contribution in [-0.2, 0) is 12.3 Å². The molecule has 0 aliphatic rings. The minimum absolute atomic E-state index is 0.216. The number of hydrogen-bond acceptors (Lipinski definition) is 5. The summed E-state index contributed by atoms with van der Waals surface area (Å²) in [5, 5.41) is 15.6. The zero-order valence-corrected chi connectivity index (χ0v) is 14.3. The van der Waals surface area contributed by atoms with E-state index in [0.717, 1.165) is 11.0 Å². The molecule has 0 unspecified atom stereocenters. The summed E-state index contributed by atoms with van der Waals surface area (Å²) < 4.78 is 16.3. The lowest BCUT2D eigenvalue weighted by Crippen LogP contribution is -2.27. The van der Waals surface area contributed by atoms with Crippen molar-refractivity contribution in [1.29, 1.82) is 0 Å². The Labute approximate surface area is 135 Å². The molecular formula is C13H17BrFN5S. The largest absolute Gasteiger partial charge is 0.313 e. The van der Waals surface area contributed by atoms with E-state index in [2.05, 4.69) is 50.6 Å². The Balaban J connectivity index is 1.94. The Bertz CT molecular complexity index is 590. The van der Waals surface area contributed by atoms with E-state index in [0.29, 0.717) is 29.1 Å². The van der Waals surface area contributed by atoms with Crippen LogP contribution in [0.1, 0.15) is 19.4 Å². The number of hydrogen-bond donors (Lipinski definition) is 1. The molecule has 21 heavy (non-hydrogen) atoms. The second-order valence-electron chi connectivity index (χ2n) is 4.82. The van der Waals surface area contributed by atoms with Crippen LogP contribution in [0.2, 0.25) is 0 Å². The van der Waals surface area contributed by atoms with Crippen LogP contribution in [0.15, 0.2) is 27.8 Å². The van der Waals surface area contributed by atoms with Crippen molar-refractivity contribution >= 4 is 27.7 Å². The number of benzene rings is 1. The van der Waals surface area contributed by atoms with Gasteiger partial charge in [0.2, 0.25) is 5.16 Å². The van der Waals surface area contributed by atoms with E-state index in [4.69, 9.17) is 0 Å². The summed E-state index contributed by atoms with van der Waals surface area (Å²) in [6.07, 6.45) is 0. The van der Waals surface area contributed by atoms with Crippen molar-refractivity contribution in [3.63, 3.8) is 0 Å². The summed E-state index contributed by atoms with van der Waals surface area (Å²) in [7, 11) is 0. The molecule has 1 heterocycles. The van der Waals surface area contributed by atoms with E-state index in [1.54, 1.807) is 16.8 Å². The summed E-state index contributed by atoms with van der Waals surface area (Å²) in [4.78, 5) is 0. The SMILES string of the molecule is CC(C)NCCn1nnnc1SCc1cc(Br)ccc1F. The third-order valence-corrected chi connectivity index (χ3v) is 4.24. The zero-order chi connectivity index (χ0) is 15.2. The molecular weight excluding hydrogens is 357 g/mol. The molecule has 0 amide bonds. The van der Waals surface area contributed by atoms with Crippen molar-refractivity contribution in [3.05, 3.63) is 34.1 Å². The third kappa shape index (κ3) is 5.05. The van der Waals surface area contributed by atoms with Crippen LogP contribution in [0.5, 0.6) is 0 Å². The van der Waals surface area contributed by atoms with Crippen molar-refractivity contribution in [3.8, 4) is 0 Å². The quantitative estimate of drug-likeness (QED) is 0.756. The second kappa shape index (κ2) is 7.86. The van der Waals surface area contributed by atoms with Gasteiger partial charge in [-0.15, -0.1) is 5.10 Å². The average Bonchev–Trinajstić information content (AvgIpc) is 2.87. The summed E-state index contributed by atoms with van der Waals surface area (Å²) in [6, 6.07) is 5.34. The maximum atomic E-state index is 13.7. The highest BCUT2D eigenvalue weighted by Gasteiger charge is 2.09. The molecule has 0 spiro atoms. The molecule has 5 nitrogen and oxygen atoms in total. The predicted octanol–water partition coefficient (Wildman–Crippen LogP) is 2.87. The lowest BCUT2D eigenvalue weighted by atomic mass is 10.2. The standard InChI is InChI=1S/C13H17BrFN5S/c1-9(2)16-5-6-20-13(17-18-19-20)21-8-10-7-11(14)3-4-12(10)15/h3-4,7,9,16H,5-6,8H2,1-2H3. The zero-order valence-electron chi connectivity index (χ0n) is 11.9. The van der Waals surface area contributed by atoms with Gasteiger partial charge in [-0.05, 0) is 34.2 Å². The number of nitrogens with one attached hydrogen (secondary N) is 1. The fourth-order valence-corrected chi connectivity index (χ4v) is 2.98. The molecule has 1 aromatic heterocycles. The molecule has 0 atom stereocenters. The lowest BCUT2D eigenvalue weighted by Gasteiger charge is -2.08. The highest BCUT2D eigenvalue weighted by atomic mass is 79.9. The molecule has 0 aliphatic heterocycles. The van der Waals surface area contributed by atoms with Crippen LogP contribution in [0.25, 0.3) is 0 Å². The number of nitrogens with zero attached hydrogens (tertiary/aromatic N) is 4. The van der Waals surface area contributed by atoms with E-state index in [1.165, 1.54) is 17.8 Å². The van der Waals surface area contributed by atoms with Crippen LogP contribution < -0.4 is 5.32 Å². The first-order valence-electron chi connectivity index (χ1n) is 6.62. The van der Waals surface area contributed by atoms with Gasteiger partial charge < -0.3 is 5.32 Å². The Hall–Kier alpha value is -0.990. The first kappa shape index (κ1) is 16.4. The lowest BCUT2D eigenvalue weighted by molar-refractivity contribution is 0.485. The van der Waals surface area contributed by atoms with Gasteiger partial charge in [-0.1, -0.05) is 41.5 Å². The molecule has 114 valence electrons. The molecule has 0 saturated heterocycles. The van der Waals surface area contributed by atoms with Crippen LogP contribution >= 0.6 is 27.7 Å². The number of aromatic nitrogens is 4. The van der Waals surface area contributed by atoms with E-state index >= 15 is 0 Å². The van der Waals surface area contributed by atoms with Gasteiger partial charge in [0.25, 0.3) is 0 Å². The topological polar surface area (TPSA) is 55.6 Å². The Morgan fingerprint density at radius 3 is 3.00 bits per heavy atom. The molecule has 0 radical (unpaired) electrons. The van der Waals surface area contributed by atoms with Gasteiger partial charge in [0, 0.05) is 22.8 Å². The highest BCUT2D eigenvalue weighted by molar-refractivity contribution is 9.10. The fourth-order valence-electron chi connectivity index (χ4n) is 1.70. The van der Waals surface area contributed by atoms with Crippen LogP contribution in [0.4, 0.5) is 4.39 Å². The van der Waals surface area contributed by atoms with Gasteiger partial charge in [0.05, 0.1) is 6.54 Å². The maximum absolute atomic E-state index is 13.7. The van der Waals surface area contributed by atoms with Crippen molar-refractivity contribution in [1.82, 2.24) is 25.5 Å². The molecule has 0 bridgehead atoms. The van der Waals surface area contributed by atoms with E-state index in [-0.39, 0.29) is 5.82 Å². The maximum Gasteiger partial charge on any atom is 0.209 e. The number of rotatable bonds is 7. The summed E-state index contributed by atoms with van der Waals surface area (Å²) in [5.41, 5.74) is 0.629. The first-order chi connectivity index (χ1) is 10.1. The van der Waals surface area contributed by atoms with Crippen molar-refractivity contribution in [2.45, 2.75) is 37.3 Å². The molecule has 8 heteroatoms. The van der Waals surface area contributed by atoms with E-state index in [9.17, 15) is 4.39 Å². The van der Waals surface area contributed by atoms with Crippen molar-refractivity contribution < 1.29 is 4.39 Å². The Morgan fingerprint density at radius 1 is 1.43 bits per heavy atom. The van der Waals surface area contributed by atoms with Gasteiger partial charge in [0.15, 0.2) is 0 Å². The Kier molecular flexibility index (Phi) is 6.13. The van der Waals surface area contributed by atoms with Crippen LogP contribution in [0, 0.1) is 5.82 Å². The van der Waals surface area contributed by atoms with E-state index in [1.807, 2.05) is 0 Å². The summed E-state index contributed by atoms with van der Waals surface area (Å²) >= 11 is 4.77. The third-order valence-electron chi connectivity index (χ3n) is 2.74. The first-order valence-corrected chi connectivity index (χ1v) is 8.40. The Morgan fingerprint density at radius 2 is 2.24 bits per heavy atom. The molecule has 2 aromatic rings. The number of thioether (sulfide) groups is 1. The van der Waals surface area contributed by atoms with E-state index < -0.39 is 0 Å². The number of halogens is 2. The van der Waals surface area contributed by atoms with Gasteiger partial charge in [-0.25, -0.2) is 9.07 Å². The van der Waals surface area contributed by atoms with Crippen LogP contribution in [-0.4, -0.2) is 32.8 Å². The fraction of sp³-hybridized carbons (Fsp3) is 0.462. The van der Waals surface area contributed by atoms with Gasteiger partial charge >= 0.3 is 0 Å². The highest BCUT2D eigenvalue weighted by Crippen LogP contribution is 2.24. The van der Waals surface area contributed by atoms with Crippen molar-refractivity contribution in [2.75, 3.05) is 6.54 Å². The predicted molar refractivity (Wildman–Crippen MR) is 84.6 cm³/mol. The van der Waals surface area contributed by atoms with Gasteiger partial charge in [0.1, 0.15) is 5.82 Å². The summed E-state index contributed by atoms with van der Waals surface area (Å²) in [5.74, 6) is 0.273. The molecule has 0 aliphatic carbocycles. The molecule has 0 saturated carbocycles. The second-order valence-corrected chi connectivity index (χ2v) is 6.68. The minimum Gasteiger partial charge on any atom is -0.313 e. The van der Waals surface area contributed by atoms with Gasteiger partial charge in [-0.2, -0.15) is 0 Å². The van der Waals surface area contributed by atoms with Gasteiger partial charge in [-0.3, -0.25) is 0 Å².